The van der Waals surface area contributed by atoms with Crippen LogP contribution in [0.3, 0.4) is 0 Å². The predicted molar refractivity (Wildman–Crippen MR) is 96.7 cm³/mol. The number of allylic oxidation sites excluding steroid dienone is 2. The molecule has 0 N–H and O–H groups in total. The molecule has 0 aromatic rings. The second kappa shape index (κ2) is 12.6. The quantitative estimate of drug-likeness (QED) is 0.154. The first-order valence-corrected chi connectivity index (χ1v) is 10.9. The van der Waals surface area contributed by atoms with Crippen LogP contribution in [0.5, 0.6) is 0 Å². The molecule has 0 bridgehead atoms. The molecule has 2 aliphatic rings. The number of thioether (sulfide) groups is 2. The fourth-order valence-electron chi connectivity index (χ4n) is 2.20. The van der Waals surface area contributed by atoms with Crippen molar-refractivity contribution < 1.29 is 86.8 Å². The normalized spacial score (nSPS) is 20.2. The maximum atomic E-state index is 11.8. The Kier molecular flexibility index (Phi) is 13.0. The number of hydrogen-bond donors (Lipinski definition) is 0. The van der Waals surface area contributed by atoms with E-state index in [0.29, 0.717) is 11.4 Å². The number of amides is 1. The van der Waals surface area contributed by atoms with E-state index in [1.54, 1.807) is 23.9 Å². The molecular formula is C13H14N2Na2O6S4. The molecule has 0 unspecified atom stereocenters. The molecule has 14 heteroatoms. The summed E-state index contributed by atoms with van der Waals surface area (Å²) in [6.07, 6.45) is 3.64. The van der Waals surface area contributed by atoms with Crippen LogP contribution >= 0.6 is 35.7 Å². The van der Waals surface area contributed by atoms with E-state index in [0.717, 1.165) is 34.0 Å². The van der Waals surface area contributed by atoms with Crippen LogP contribution in [-0.4, -0.2) is 70.1 Å². The van der Waals surface area contributed by atoms with Crippen LogP contribution in [0.25, 0.3) is 0 Å². The molecule has 0 radical (unpaired) electrons. The molecule has 0 aromatic carbocycles. The standard InChI is InChI=1S/C13H16N2O6S4.2Na/c16-11(17)8-15-12(22)9(24-13(15)18)2-3-10-14(5-6-23-10)4-1-7-25(19,20)21;;/h2-3H,1,4-8H2,(H,16,17)(H,19,20,21);;/q;2*+1/p-2/b9-2+,10-3+;;. The monoisotopic (exact) mass is 468 g/mol. The number of carbonyl (C=O) groups excluding carboxylic acids is 2. The Bertz CT molecular complexity index is 756. The van der Waals surface area contributed by atoms with Crippen molar-refractivity contribution in [2.24, 2.45) is 0 Å². The molecule has 27 heavy (non-hydrogen) atoms. The molecule has 0 spiro atoms. The Morgan fingerprint density at radius 2 is 1.96 bits per heavy atom. The molecule has 0 atom stereocenters. The van der Waals surface area contributed by atoms with Crippen LogP contribution in [0, 0.1) is 0 Å². The van der Waals surface area contributed by atoms with Gasteiger partial charge in [-0.2, -0.15) is 0 Å². The Morgan fingerprint density at radius 1 is 1.30 bits per heavy atom. The van der Waals surface area contributed by atoms with E-state index < -0.39 is 33.6 Å². The van der Waals surface area contributed by atoms with Crippen molar-refractivity contribution in [1.82, 2.24) is 9.80 Å². The molecule has 1 amide bonds. The number of carboxylic acid groups (broad SMARTS) is 1. The van der Waals surface area contributed by atoms with Crippen molar-refractivity contribution in [2.75, 3.05) is 31.1 Å². The number of hydrogen-bond acceptors (Lipinski definition) is 10. The summed E-state index contributed by atoms with van der Waals surface area (Å²) in [6, 6.07) is 0. The summed E-state index contributed by atoms with van der Waals surface area (Å²) in [5.41, 5.74) is 0. The average molecular weight is 469 g/mol. The van der Waals surface area contributed by atoms with Gasteiger partial charge in [0.1, 0.15) is 4.99 Å². The SMILES string of the molecule is O=C([O-])CN1C(=O)S/C(=C/C=C2/SCCN2CCCS(=O)(=O)[O-])C1=S.[Na+].[Na+]. The third kappa shape index (κ3) is 9.08. The van der Waals surface area contributed by atoms with E-state index in [4.69, 9.17) is 12.2 Å². The number of carboxylic acids is 1. The van der Waals surface area contributed by atoms with E-state index in [1.165, 1.54) is 0 Å². The van der Waals surface area contributed by atoms with Gasteiger partial charge < -0.3 is 19.4 Å². The van der Waals surface area contributed by atoms with Gasteiger partial charge in [-0.05, 0) is 30.3 Å². The molecule has 2 heterocycles. The number of aliphatic carboxylic acids is 1. The summed E-state index contributed by atoms with van der Waals surface area (Å²) >= 11 is 7.53. The van der Waals surface area contributed by atoms with Gasteiger partial charge in [-0.25, -0.2) is 8.42 Å². The number of carbonyl (C=O) groups is 2. The van der Waals surface area contributed by atoms with Crippen LogP contribution in [-0.2, 0) is 14.9 Å². The van der Waals surface area contributed by atoms with Gasteiger partial charge in [0.25, 0.3) is 5.24 Å². The largest absolute Gasteiger partial charge is 1.00 e. The second-order valence-corrected chi connectivity index (χ2v) is 9.14. The van der Waals surface area contributed by atoms with Gasteiger partial charge in [0, 0.05) is 24.6 Å². The van der Waals surface area contributed by atoms with Crippen LogP contribution < -0.4 is 64.2 Å². The number of rotatable bonds is 7. The average Bonchev–Trinajstić information content (AvgIpc) is 3.03. The third-order valence-electron chi connectivity index (χ3n) is 3.28. The molecule has 0 aromatic heterocycles. The van der Waals surface area contributed by atoms with Crippen molar-refractivity contribution in [1.29, 1.82) is 0 Å². The minimum absolute atomic E-state index is 0. The van der Waals surface area contributed by atoms with Crippen LogP contribution in [0.4, 0.5) is 4.79 Å². The van der Waals surface area contributed by atoms with Crippen molar-refractivity contribution in [3.05, 3.63) is 22.1 Å². The number of nitrogens with zero attached hydrogens (tertiary/aromatic N) is 2. The van der Waals surface area contributed by atoms with Crippen LogP contribution in [0.2, 0.25) is 0 Å². The first-order chi connectivity index (χ1) is 11.7. The van der Waals surface area contributed by atoms with Crippen molar-refractivity contribution in [3.8, 4) is 0 Å². The van der Waals surface area contributed by atoms with Gasteiger partial charge in [0.2, 0.25) is 0 Å². The molecule has 138 valence electrons. The molecule has 2 fully saturated rings. The Hall–Kier alpha value is 0.920. The molecule has 8 nitrogen and oxygen atoms in total. The van der Waals surface area contributed by atoms with Crippen LogP contribution in [0.1, 0.15) is 6.42 Å². The zero-order valence-corrected chi connectivity index (χ0v) is 22.1. The smallest absolute Gasteiger partial charge is 0.748 e. The zero-order chi connectivity index (χ0) is 18.6. The predicted octanol–water partition coefficient (Wildman–Crippen LogP) is -6.05. The maximum Gasteiger partial charge on any atom is 1.00 e. The Morgan fingerprint density at radius 3 is 2.56 bits per heavy atom. The van der Waals surface area contributed by atoms with Gasteiger partial charge in [-0.1, -0.05) is 12.2 Å². The van der Waals surface area contributed by atoms with Gasteiger partial charge in [0.15, 0.2) is 0 Å². The fourth-order valence-corrected chi connectivity index (χ4v) is 4.91. The number of thiocarbonyl (C=S) groups is 1. The minimum atomic E-state index is -4.22. The summed E-state index contributed by atoms with van der Waals surface area (Å²) in [5.74, 6) is -0.969. The van der Waals surface area contributed by atoms with Gasteiger partial charge >= 0.3 is 59.1 Å². The fraction of sp³-hybridized carbons (Fsp3) is 0.462. The first-order valence-electron chi connectivity index (χ1n) is 7.14. The Labute approximate surface area is 215 Å². The second-order valence-electron chi connectivity index (χ2n) is 5.12. The van der Waals surface area contributed by atoms with E-state index in [-0.39, 0.29) is 70.5 Å². The molecule has 0 saturated carbocycles. The summed E-state index contributed by atoms with van der Waals surface area (Å²) < 4.78 is 32.0. The third-order valence-corrected chi connectivity index (χ3v) is 6.66. The van der Waals surface area contributed by atoms with Gasteiger partial charge in [-0.3, -0.25) is 9.69 Å². The van der Waals surface area contributed by atoms with Crippen molar-refractivity contribution in [2.45, 2.75) is 6.42 Å². The van der Waals surface area contributed by atoms with E-state index in [1.807, 2.05) is 4.90 Å². The van der Waals surface area contributed by atoms with E-state index >= 15 is 0 Å². The van der Waals surface area contributed by atoms with E-state index in [2.05, 4.69) is 0 Å². The van der Waals surface area contributed by atoms with Gasteiger partial charge in [-0.15, -0.1) is 11.8 Å². The molecular weight excluding hydrogens is 454 g/mol. The maximum absolute atomic E-state index is 11.8. The van der Waals surface area contributed by atoms with Crippen molar-refractivity contribution in [3.63, 3.8) is 0 Å². The topological polar surface area (TPSA) is 121 Å². The molecule has 2 rings (SSSR count). The summed E-state index contributed by atoms with van der Waals surface area (Å²) in [7, 11) is -4.22. The summed E-state index contributed by atoms with van der Waals surface area (Å²) in [4.78, 5) is 26.0. The van der Waals surface area contributed by atoms with E-state index in [9.17, 15) is 27.7 Å². The zero-order valence-electron chi connectivity index (χ0n) is 14.9. The minimum Gasteiger partial charge on any atom is -0.748 e. The van der Waals surface area contributed by atoms with Crippen LogP contribution in [0.15, 0.2) is 22.1 Å². The first kappa shape index (κ1) is 27.9. The molecule has 2 aliphatic heterocycles. The summed E-state index contributed by atoms with van der Waals surface area (Å²) in [5, 5.41) is 11.1. The summed E-state index contributed by atoms with van der Waals surface area (Å²) in [6.45, 7) is 0.589. The van der Waals surface area contributed by atoms with Crippen molar-refractivity contribution >= 4 is 62.1 Å². The van der Waals surface area contributed by atoms with Gasteiger partial charge in [0.05, 0.1) is 32.6 Å². The Balaban J connectivity index is 0.00000338. The molecule has 0 aliphatic carbocycles. The molecule has 2 saturated heterocycles.